The molecule has 21 heavy (non-hydrogen) atoms. The average Bonchev–Trinajstić information content (AvgIpc) is 2.74. The summed E-state index contributed by atoms with van der Waals surface area (Å²) in [6, 6.07) is 5.99. The number of benzene rings is 1. The maximum Gasteiger partial charge on any atom is 0.238 e. The van der Waals surface area contributed by atoms with Crippen LogP contribution in [0.25, 0.3) is 0 Å². The summed E-state index contributed by atoms with van der Waals surface area (Å²) in [6.07, 6.45) is 0.732. The fourth-order valence-corrected chi connectivity index (χ4v) is 3.36. The molecule has 0 saturated carbocycles. The molecule has 8 heteroatoms. The van der Waals surface area contributed by atoms with E-state index in [0.717, 1.165) is 18.5 Å². The van der Waals surface area contributed by atoms with Gasteiger partial charge in [-0.3, -0.25) is 9.69 Å². The molecule has 116 valence electrons. The smallest absolute Gasteiger partial charge is 0.238 e. The largest absolute Gasteiger partial charge is 0.351 e. The molecule has 1 aliphatic rings. The molecular formula is C13H19N3O3S2. The second-order valence-electron chi connectivity index (χ2n) is 5.25. The first-order valence-electron chi connectivity index (χ1n) is 6.55. The van der Waals surface area contributed by atoms with Crippen molar-refractivity contribution in [2.45, 2.75) is 29.2 Å². The van der Waals surface area contributed by atoms with Crippen LogP contribution >= 0.6 is 12.6 Å². The Bertz CT molecular complexity index is 616. The van der Waals surface area contributed by atoms with Crippen molar-refractivity contribution in [2.24, 2.45) is 5.14 Å². The Labute approximate surface area is 130 Å². The van der Waals surface area contributed by atoms with Gasteiger partial charge in [-0.15, -0.1) is 0 Å². The molecule has 0 radical (unpaired) electrons. The van der Waals surface area contributed by atoms with Gasteiger partial charge in [-0.1, -0.05) is 12.1 Å². The quantitative estimate of drug-likeness (QED) is 0.676. The lowest BCUT2D eigenvalue weighted by molar-refractivity contribution is -0.125. The Morgan fingerprint density at radius 1 is 1.43 bits per heavy atom. The molecule has 0 aliphatic carbocycles. The zero-order valence-corrected chi connectivity index (χ0v) is 13.4. The van der Waals surface area contributed by atoms with E-state index in [1.165, 1.54) is 12.1 Å². The maximum absolute atomic E-state index is 12.1. The first-order valence-corrected chi connectivity index (χ1v) is 8.61. The highest BCUT2D eigenvalue weighted by molar-refractivity contribution is 7.89. The molecule has 2 rings (SSSR count). The number of primary sulfonamides is 1. The minimum absolute atomic E-state index is 0.0374. The van der Waals surface area contributed by atoms with Crippen molar-refractivity contribution in [1.29, 1.82) is 0 Å². The minimum atomic E-state index is -3.68. The van der Waals surface area contributed by atoms with Crippen molar-refractivity contribution >= 4 is 28.6 Å². The number of sulfonamides is 1. The molecule has 1 heterocycles. The maximum atomic E-state index is 12.1. The molecule has 1 amide bonds. The Balaban J connectivity index is 1.93. The fraction of sp³-hybridized carbons (Fsp3) is 0.462. The number of amides is 1. The predicted molar refractivity (Wildman–Crippen MR) is 83.5 cm³/mol. The summed E-state index contributed by atoms with van der Waals surface area (Å²) in [5, 5.41) is 8.11. The Morgan fingerprint density at radius 2 is 2.05 bits per heavy atom. The van der Waals surface area contributed by atoms with E-state index in [1.807, 2.05) is 11.9 Å². The lowest BCUT2D eigenvalue weighted by atomic mass is 10.2. The third-order valence-corrected chi connectivity index (χ3v) is 4.85. The van der Waals surface area contributed by atoms with Gasteiger partial charge in [0.15, 0.2) is 0 Å². The Kier molecular flexibility index (Phi) is 4.92. The van der Waals surface area contributed by atoms with Crippen LogP contribution in [-0.2, 0) is 21.4 Å². The number of carbonyl (C=O) groups excluding carboxylic acids is 1. The number of carbonyl (C=O) groups is 1. The molecule has 0 bridgehead atoms. The fourth-order valence-electron chi connectivity index (χ4n) is 2.38. The molecule has 2 atom stereocenters. The molecule has 1 fully saturated rings. The molecule has 0 unspecified atom stereocenters. The lowest BCUT2D eigenvalue weighted by Gasteiger charge is -2.18. The van der Waals surface area contributed by atoms with Crippen molar-refractivity contribution < 1.29 is 13.2 Å². The number of likely N-dealkylation sites (N-methyl/N-ethyl adjacent to an activating group) is 1. The van der Waals surface area contributed by atoms with Crippen LogP contribution < -0.4 is 10.5 Å². The summed E-state index contributed by atoms with van der Waals surface area (Å²) < 4.78 is 22.3. The van der Waals surface area contributed by atoms with Crippen molar-refractivity contribution in [2.75, 3.05) is 13.6 Å². The number of nitrogens with two attached hydrogens (primary N) is 1. The summed E-state index contributed by atoms with van der Waals surface area (Å²) in [4.78, 5) is 14.1. The van der Waals surface area contributed by atoms with Crippen molar-refractivity contribution in [3.05, 3.63) is 29.8 Å². The molecule has 0 aromatic heterocycles. The third kappa shape index (κ3) is 4.19. The highest BCUT2D eigenvalue weighted by Crippen LogP contribution is 2.20. The number of likely N-dealkylation sites (tertiary alicyclic amines) is 1. The molecule has 1 aliphatic heterocycles. The highest BCUT2D eigenvalue weighted by Gasteiger charge is 2.32. The van der Waals surface area contributed by atoms with E-state index in [4.69, 9.17) is 5.14 Å². The first kappa shape index (κ1) is 16.3. The van der Waals surface area contributed by atoms with Crippen LogP contribution in [0.1, 0.15) is 12.0 Å². The van der Waals surface area contributed by atoms with Crippen molar-refractivity contribution in [3.8, 4) is 0 Å². The number of thiol groups is 1. The monoisotopic (exact) mass is 329 g/mol. The lowest BCUT2D eigenvalue weighted by Crippen LogP contribution is -2.41. The predicted octanol–water partition coefficient (Wildman–Crippen LogP) is -0.0473. The van der Waals surface area contributed by atoms with E-state index in [0.29, 0.717) is 6.54 Å². The molecule has 1 saturated heterocycles. The van der Waals surface area contributed by atoms with Crippen LogP contribution in [0.2, 0.25) is 0 Å². The van der Waals surface area contributed by atoms with E-state index >= 15 is 0 Å². The SMILES string of the molecule is CN1C[C@@H](S)C[C@H]1C(=O)NCc1ccc(S(N)(=O)=O)cc1. The van der Waals surface area contributed by atoms with Gasteiger partial charge < -0.3 is 5.32 Å². The second-order valence-corrected chi connectivity index (χ2v) is 7.54. The molecule has 6 nitrogen and oxygen atoms in total. The normalized spacial score (nSPS) is 23.2. The average molecular weight is 329 g/mol. The Morgan fingerprint density at radius 3 is 2.52 bits per heavy atom. The van der Waals surface area contributed by atoms with Gasteiger partial charge in [0.1, 0.15) is 0 Å². The number of nitrogens with one attached hydrogen (secondary N) is 1. The standard InChI is InChI=1S/C13H19N3O3S2/c1-16-8-10(20)6-12(16)13(17)15-7-9-2-4-11(5-3-9)21(14,18)19/h2-5,10,12,20H,6-8H2,1H3,(H,15,17)(H2,14,18,19)/t10-,12-/m0/s1. The van der Waals surface area contributed by atoms with Crippen LogP contribution in [0.4, 0.5) is 0 Å². The van der Waals surface area contributed by atoms with Crippen LogP contribution in [-0.4, -0.2) is 44.1 Å². The van der Waals surface area contributed by atoms with E-state index in [-0.39, 0.29) is 22.1 Å². The summed E-state index contributed by atoms with van der Waals surface area (Å²) in [7, 11) is -1.78. The van der Waals surface area contributed by atoms with Crippen LogP contribution in [0, 0.1) is 0 Å². The summed E-state index contributed by atoms with van der Waals surface area (Å²) in [5.74, 6) is -0.0374. The minimum Gasteiger partial charge on any atom is -0.351 e. The number of rotatable bonds is 4. The van der Waals surface area contributed by atoms with Gasteiger partial charge in [-0.2, -0.15) is 12.6 Å². The van der Waals surface area contributed by atoms with Crippen LogP contribution in [0.15, 0.2) is 29.2 Å². The van der Waals surface area contributed by atoms with E-state index < -0.39 is 10.0 Å². The number of hydrogen-bond donors (Lipinski definition) is 3. The zero-order valence-electron chi connectivity index (χ0n) is 11.7. The summed E-state index contributed by atoms with van der Waals surface area (Å²) in [5.41, 5.74) is 0.818. The van der Waals surface area contributed by atoms with Crippen molar-refractivity contribution in [1.82, 2.24) is 10.2 Å². The molecule has 1 aromatic rings. The van der Waals surface area contributed by atoms with Crippen LogP contribution in [0.5, 0.6) is 0 Å². The third-order valence-electron chi connectivity index (χ3n) is 3.55. The zero-order chi connectivity index (χ0) is 15.6. The molecule has 3 N–H and O–H groups in total. The van der Waals surface area contributed by atoms with Gasteiger partial charge in [-0.25, -0.2) is 13.6 Å². The summed E-state index contributed by atoms with van der Waals surface area (Å²) >= 11 is 4.39. The van der Waals surface area contributed by atoms with Gasteiger partial charge in [0, 0.05) is 18.3 Å². The Hall–Kier alpha value is -1.09. The van der Waals surface area contributed by atoms with Crippen molar-refractivity contribution in [3.63, 3.8) is 0 Å². The molecule has 0 spiro atoms. The summed E-state index contributed by atoms with van der Waals surface area (Å²) in [6.45, 7) is 1.15. The highest BCUT2D eigenvalue weighted by atomic mass is 32.2. The van der Waals surface area contributed by atoms with E-state index in [9.17, 15) is 13.2 Å². The molecular weight excluding hydrogens is 310 g/mol. The van der Waals surface area contributed by atoms with E-state index in [1.54, 1.807) is 12.1 Å². The van der Waals surface area contributed by atoms with Gasteiger partial charge >= 0.3 is 0 Å². The van der Waals surface area contributed by atoms with E-state index in [2.05, 4.69) is 17.9 Å². The second kappa shape index (κ2) is 6.35. The number of hydrogen-bond acceptors (Lipinski definition) is 5. The molecule has 1 aromatic carbocycles. The van der Waals surface area contributed by atoms with Gasteiger partial charge in [0.25, 0.3) is 0 Å². The van der Waals surface area contributed by atoms with Gasteiger partial charge in [0.05, 0.1) is 10.9 Å². The topological polar surface area (TPSA) is 92.5 Å². The van der Waals surface area contributed by atoms with Gasteiger partial charge in [-0.05, 0) is 31.2 Å². The van der Waals surface area contributed by atoms with Crippen LogP contribution in [0.3, 0.4) is 0 Å². The van der Waals surface area contributed by atoms with Gasteiger partial charge in [0.2, 0.25) is 15.9 Å². The number of nitrogens with zero attached hydrogens (tertiary/aromatic N) is 1. The first-order chi connectivity index (χ1) is 9.77.